The third-order valence-electron chi connectivity index (χ3n) is 6.23. The monoisotopic (exact) mass is 486 g/mol. The lowest BCUT2D eigenvalue weighted by atomic mass is 10.0. The fourth-order valence-electron chi connectivity index (χ4n) is 4.36. The Morgan fingerprint density at radius 2 is 1.81 bits per heavy atom. The van der Waals surface area contributed by atoms with E-state index in [0.29, 0.717) is 17.9 Å². The number of carbonyl (C=O) groups excluding carboxylic acids is 2. The Balaban J connectivity index is 1.37. The van der Waals surface area contributed by atoms with Crippen LogP contribution in [0.3, 0.4) is 0 Å². The number of carbonyl (C=O) groups is 2. The number of anilines is 2. The molecule has 1 atom stereocenters. The van der Waals surface area contributed by atoms with Crippen molar-refractivity contribution in [3.05, 3.63) is 96.2 Å². The predicted molar refractivity (Wildman–Crippen MR) is 136 cm³/mol. The summed E-state index contributed by atoms with van der Waals surface area (Å²) in [6, 6.07) is 23.1. The van der Waals surface area contributed by atoms with Crippen LogP contribution in [0.15, 0.2) is 90.2 Å². The maximum Gasteiger partial charge on any atom is 0.270 e. The summed E-state index contributed by atoms with van der Waals surface area (Å²) >= 11 is 0. The number of nitrogens with one attached hydrogen (secondary N) is 1. The molecular formula is C28H24F2N4O2. The molecule has 1 N–H and O–H groups in total. The zero-order valence-electron chi connectivity index (χ0n) is 19.8. The molecule has 0 saturated heterocycles. The Morgan fingerprint density at radius 3 is 2.56 bits per heavy atom. The molecule has 4 aromatic rings. The fraction of sp³-hybridized carbons (Fsp3) is 0.179. The summed E-state index contributed by atoms with van der Waals surface area (Å²) in [5.74, 6) is -5.31. The number of hydrogen-bond donors (Lipinski definition) is 1. The quantitative estimate of drug-likeness (QED) is 0.351. The highest BCUT2D eigenvalue weighted by Crippen LogP contribution is 2.31. The van der Waals surface area contributed by atoms with Gasteiger partial charge in [0.05, 0.1) is 16.9 Å². The molecule has 36 heavy (non-hydrogen) atoms. The van der Waals surface area contributed by atoms with E-state index in [9.17, 15) is 18.4 Å². The molecule has 2 amide bonds. The number of alkyl halides is 2. The molecule has 3 aromatic carbocycles. The first-order valence-corrected chi connectivity index (χ1v) is 11.5. The van der Waals surface area contributed by atoms with E-state index in [1.165, 1.54) is 29.3 Å². The minimum absolute atomic E-state index is 0.193. The fourth-order valence-corrected chi connectivity index (χ4v) is 4.36. The Kier molecular flexibility index (Phi) is 5.88. The average molecular weight is 487 g/mol. The van der Waals surface area contributed by atoms with Gasteiger partial charge in [-0.1, -0.05) is 48.5 Å². The Hall–Kier alpha value is -4.33. The summed E-state index contributed by atoms with van der Waals surface area (Å²) in [6.07, 6.45) is 1.99. The van der Waals surface area contributed by atoms with E-state index in [-0.39, 0.29) is 11.3 Å². The Morgan fingerprint density at radius 1 is 1.03 bits per heavy atom. The van der Waals surface area contributed by atoms with Gasteiger partial charge in [-0.3, -0.25) is 9.59 Å². The molecule has 6 nitrogen and oxygen atoms in total. The predicted octanol–water partition coefficient (Wildman–Crippen LogP) is 5.78. The van der Waals surface area contributed by atoms with Crippen molar-refractivity contribution in [3.8, 4) is 0 Å². The highest BCUT2D eigenvalue weighted by molar-refractivity contribution is 6.28. The third kappa shape index (κ3) is 4.49. The first kappa shape index (κ1) is 23.4. The van der Waals surface area contributed by atoms with Crippen LogP contribution in [-0.4, -0.2) is 22.1 Å². The van der Waals surface area contributed by atoms with Gasteiger partial charge >= 0.3 is 0 Å². The molecule has 2 heterocycles. The summed E-state index contributed by atoms with van der Waals surface area (Å²) in [5, 5.41) is 9.19. The molecule has 0 fully saturated rings. The standard InChI is InChI=1S/C28H24F2N4O2/c1-18-25(26(35)31-22-10-6-9-21(15-22)28(2,29)30)27(36)34(32-18)23-12-11-20-13-14-33(24(20)16-23)17-19-7-4-3-5-8-19/h3-16,25H,17H2,1-2H3,(H,31,35). The van der Waals surface area contributed by atoms with E-state index in [4.69, 9.17) is 0 Å². The lowest BCUT2D eigenvalue weighted by Crippen LogP contribution is -2.36. The molecule has 0 saturated carbocycles. The number of halogens is 2. The first-order valence-electron chi connectivity index (χ1n) is 11.5. The average Bonchev–Trinajstić information content (AvgIpc) is 3.38. The van der Waals surface area contributed by atoms with E-state index in [0.717, 1.165) is 23.4 Å². The van der Waals surface area contributed by atoms with Crippen LogP contribution in [0.1, 0.15) is 25.0 Å². The molecule has 0 radical (unpaired) electrons. The first-order chi connectivity index (χ1) is 17.2. The molecule has 182 valence electrons. The highest BCUT2D eigenvalue weighted by atomic mass is 19.3. The SMILES string of the molecule is CC1=NN(c2ccc3ccn(Cc4ccccc4)c3c2)C(=O)C1C(=O)Nc1cccc(C(C)(F)F)c1. The Labute approximate surface area is 206 Å². The van der Waals surface area contributed by atoms with E-state index >= 15 is 0 Å². The van der Waals surface area contributed by atoms with E-state index in [1.54, 1.807) is 13.0 Å². The van der Waals surface area contributed by atoms with Crippen LogP contribution in [0, 0.1) is 5.92 Å². The number of nitrogens with zero attached hydrogens (tertiary/aromatic N) is 3. The van der Waals surface area contributed by atoms with Crippen molar-refractivity contribution in [1.29, 1.82) is 0 Å². The zero-order chi connectivity index (χ0) is 25.4. The number of fused-ring (bicyclic) bond motifs is 1. The molecule has 1 aliphatic heterocycles. The van der Waals surface area contributed by atoms with Crippen molar-refractivity contribution < 1.29 is 18.4 Å². The van der Waals surface area contributed by atoms with Crippen molar-refractivity contribution in [2.24, 2.45) is 11.0 Å². The summed E-state index contributed by atoms with van der Waals surface area (Å²) in [6.45, 7) is 3.07. The minimum Gasteiger partial charge on any atom is -0.343 e. The van der Waals surface area contributed by atoms with E-state index < -0.39 is 23.7 Å². The van der Waals surface area contributed by atoms with Crippen molar-refractivity contribution in [2.75, 3.05) is 10.3 Å². The number of benzene rings is 3. The summed E-state index contributed by atoms with van der Waals surface area (Å²) in [4.78, 5) is 26.2. The van der Waals surface area contributed by atoms with Gasteiger partial charge in [0, 0.05) is 30.9 Å². The maximum absolute atomic E-state index is 13.7. The van der Waals surface area contributed by atoms with E-state index in [2.05, 4.69) is 15.0 Å². The Bertz CT molecular complexity index is 1490. The van der Waals surface area contributed by atoms with Gasteiger partial charge in [-0.2, -0.15) is 10.1 Å². The molecule has 0 spiro atoms. The van der Waals surface area contributed by atoms with Crippen molar-refractivity contribution >= 4 is 39.8 Å². The van der Waals surface area contributed by atoms with Gasteiger partial charge in [0.1, 0.15) is 0 Å². The molecule has 0 aliphatic carbocycles. The lowest BCUT2D eigenvalue weighted by Gasteiger charge is -2.16. The minimum atomic E-state index is -3.05. The lowest BCUT2D eigenvalue weighted by molar-refractivity contribution is -0.127. The van der Waals surface area contributed by atoms with Crippen molar-refractivity contribution in [3.63, 3.8) is 0 Å². The van der Waals surface area contributed by atoms with Crippen LogP contribution in [0.5, 0.6) is 0 Å². The molecule has 8 heteroatoms. The van der Waals surface area contributed by atoms with Crippen molar-refractivity contribution in [1.82, 2.24) is 4.57 Å². The summed E-state index contributed by atoms with van der Waals surface area (Å²) < 4.78 is 29.4. The topological polar surface area (TPSA) is 66.7 Å². The van der Waals surface area contributed by atoms with Crippen LogP contribution >= 0.6 is 0 Å². The highest BCUT2D eigenvalue weighted by Gasteiger charge is 2.40. The smallest absolute Gasteiger partial charge is 0.270 e. The molecule has 5 rings (SSSR count). The molecule has 0 bridgehead atoms. The summed E-state index contributed by atoms with van der Waals surface area (Å²) in [7, 11) is 0. The largest absolute Gasteiger partial charge is 0.343 e. The number of aromatic nitrogens is 1. The zero-order valence-corrected chi connectivity index (χ0v) is 19.8. The van der Waals surface area contributed by atoms with Gasteiger partial charge in [-0.25, -0.2) is 8.78 Å². The number of hydrazone groups is 1. The normalized spacial score (nSPS) is 15.9. The van der Waals surface area contributed by atoms with Gasteiger partial charge in [0.15, 0.2) is 5.92 Å². The van der Waals surface area contributed by atoms with Crippen LogP contribution in [0.4, 0.5) is 20.2 Å². The van der Waals surface area contributed by atoms with Gasteiger partial charge in [0.25, 0.3) is 11.8 Å². The van der Waals surface area contributed by atoms with Gasteiger partial charge < -0.3 is 9.88 Å². The van der Waals surface area contributed by atoms with Crippen LogP contribution < -0.4 is 10.3 Å². The second-order valence-corrected chi connectivity index (χ2v) is 8.96. The molecular weight excluding hydrogens is 462 g/mol. The van der Waals surface area contributed by atoms with Gasteiger partial charge in [-0.15, -0.1) is 0 Å². The molecule has 1 aromatic heterocycles. The van der Waals surface area contributed by atoms with E-state index in [1.807, 2.05) is 54.7 Å². The maximum atomic E-state index is 13.7. The molecule has 1 aliphatic rings. The summed E-state index contributed by atoms with van der Waals surface area (Å²) in [5.41, 5.74) is 2.92. The number of hydrogen-bond acceptors (Lipinski definition) is 3. The van der Waals surface area contributed by atoms with Crippen LogP contribution in [0.25, 0.3) is 10.9 Å². The molecule has 1 unspecified atom stereocenters. The van der Waals surface area contributed by atoms with Gasteiger partial charge in [-0.05, 0) is 48.2 Å². The van der Waals surface area contributed by atoms with Crippen molar-refractivity contribution in [2.45, 2.75) is 26.3 Å². The van der Waals surface area contributed by atoms with Crippen LogP contribution in [-0.2, 0) is 22.1 Å². The second kappa shape index (κ2) is 9.03. The third-order valence-corrected chi connectivity index (χ3v) is 6.23. The number of rotatable bonds is 6. The number of amides is 2. The second-order valence-electron chi connectivity index (χ2n) is 8.96. The van der Waals surface area contributed by atoms with Gasteiger partial charge in [0.2, 0.25) is 5.91 Å². The van der Waals surface area contributed by atoms with Crippen LogP contribution in [0.2, 0.25) is 0 Å².